The highest BCUT2D eigenvalue weighted by Crippen LogP contribution is 2.34. The summed E-state index contributed by atoms with van der Waals surface area (Å²) in [5.74, 6) is -10.1. The SMILES string of the molecule is [2H]c1c([2H])c(OC([2H])([2H])c2c([2H])c(C([2H])([2H])N3C([2H])([2H])C([2H])([2H])OC([2H])([2H])C3([2H])[2H])c([2H])c([2H])c2F)c2c(c1[2H])C(=O)N(C1([2H])C(=O)NC(=O)C([2H])([2H])C1([2H])[2H])C2([2H])[2H]. The first kappa shape index (κ1) is 7.60. The van der Waals surface area contributed by atoms with Gasteiger partial charge in [-0.3, -0.25) is 24.6 Å². The molecule has 2 aromatic rings. The van der Waals surface area contributed by atoms with Gasteiger partial charge in [-0.15, -0.1) is 0 Å². The van der Waals surface area contributed by atoms with Crippen molar-refractivity contribution in [2.45, 2.75) is 38.3 Å². The van der Waals surface area contributed by atoms with Gasteiger partial charge in [0.2, 0.25) is 11.8 Å². The van der Waals surface area contributed by atoms with Gasteiger partial charge in [0.15, 0.2) is 0 Å². The number of imide groups is 1. The third kappa shape index (κ3) is 4.53. The molecule has 9 heteroatoms. The first-order chi connectivity index (χ1) is 26.1. The summed E-state index contributed by atoms with van der Waals surface area (Å²) in [6.07, 6.45) is -8.02. The largest absolute Gasteiger partial charge is 0.488 e. The Balaban J connectivity index is 1.77. The van der Waals surface area contributed by atoms with Crippen molar-refractivity contribution in [3.63, 3.8) is 0 Å². The fourth-order valence-electron chi connectivity index (χ4n) is 2.67. The monoisotopic (exact) mass is 492 g/mol. The van der Waals surface area contributed by atoms with Gasteiger partial charge < -0.3 is 14.4 Å². The van der Waals surface area contributed by atoms with Gasteiger partial charge in [-0.25, -0.2) is 4.39 Å². The molecule has 1 atom stereocenters. The molecule has 1 N–H and O–H groups in total. The highest BCUT2D eigenvalue weighted by atomic mass is 19.1. The molecular weight excluding hydrogens is 441 g/mol. The molecule has 0 bridgehead atoms. The number of carbonyl (C=O) groups excluding carboxylic acids is 3. The quantitative estimate of drug-likeness (QED) is 0.621. The van der Waals surface area contributed by atoms with Crippen molar-refractivity contribution in [2.24, 2.45) is 0 Å². The van der Waals surface area contributed by atoms with Gasteiger partial charge in [0.1, 0.15) is 24.1 Å². The standard InChI is InChI=1S/C25H26FN3O5/c26-20-5-4-16(13-28-8-10-33-11-9-28)12-17(20)15-34-22-3-1-2-18-19(22)14-29(25(18)32)21-6-7-23(30)27-24(21)31/h1-5,12,21H,6-11,13-15H2,(H,27,30,31)/i1D,2D,3D,4D,5D,6D2,7D2,8D2,9D2,10D2,11D2,12D,13D2,14D2,15D2,21D. The second kappa shape index (κ2) is 9.52. The van der Waals surface area contributed by atoms with Crippen LogP contribution in [0.1, 0.15) is 74.1 Å². The second-order valence-electron chi connectivity index (χ2n) is 6.21. The highest BCUT2D eigenvalue weighted by molar-refractivity contribution is 6.05. The summed E-state index contributed by atoms with van der Waals surface area (Å²) < 4.78 is 233. The maximum absolute atomic E-state index is 16.0. The van der Waals surface area contributed by atoms with Crippen LogP contribution in [0.4, 0.5) is 4.39 Å². The number of halogens is 1. The number of nitrogens with zero attached hydrogens (tertiary/aromatic N) is 2. The molecule has 8 nitrogen and oxygen atoms in total. The Morgan fingerprint density at radius 3 is 2.91 bits per heavy atom. The Labute approximate surface area is 231 Å². The smallest absolute Gasteiger partial charge is 0.255 e. The molecule has 3 amide bonds. The zero-order valence-corrected chi connectivity index (χ0v) is 16.3. The number of hydrogen-bond donors (Lipinski definition) is 1. The van der Waals surface area contributed by atoms with Crippen LogP contribution in [-0.2, 0) is 33.9 Å². The Bertz CT molecular complexity index is 2230. The number of ether oxygens (including phenoxy) is 2. The van der Waals surface area contributed by atoms with E-state index in [0.717, 1.165) is 0 Å². The van der Waals surface area contributed by atoms with E-state index in [4.69, 9.17) is 39.0 Å². The Kier molecular flexibility index (Phi) is 2.13. The van der Waals surface area contributed by atoms with E-state index < -0.39 is 162 Å². The van der Waals surface area contributed by atoms with Crippen LogP contribution in [0.2, 0.25) is 0 Å². The van der Waals surface area contributed by atoms with E-state index in [9.17, 15) is 14.4 Å². The lowest BCUT2D eigenvalue weighted by atomic mass is 10.0. The topological polar surface area (TPSA) is 88.2 Å². The molecule has 178 valence electrons. The van der Waals surface area contributed by atoms with Gasteiger partial charge in [0, 0.05) is 56.3 Å². The van der Waals surface area contributed by atoms with Crippen LogP contribution in [0.5, 0.6) is 5.75 Å². The van der Waals surface area contributed by atoms with Gasteiger partial charge in [-0.05, 0) is 36.1 Å². The molecule has 2 aromatic carbocycles. The first-order valence-corrected chi connectivity index (χ1v) is 8.96. The minimum absolute atomic E-state index is 0.620. The molecule has 0 aromatic heterocycles. The van der Waals surface area contributed by atoms with E-state index in [0.29, 0.717) is 0 Å². The van der Waals surface area contributed by atoms with E-state index in [-0.39, 0.29) is 0 Å². The van der Waals surface area contributed by atoms with Gasteiger partial charge >= 0.3 is 0 Å². The predicted molar refractivity (Wildman–Crippen MR) is 119 cm³/mol. The minimum atomic E-state index is -4.25. The fourth-order valence-corrected chi connectivity index (χ4v) is 2.67. The van der Waals surface area contributed by atoms with Crippen molar-refractivity contribution < 1.29 is 62.5 Å². The molecule has 0 radical (unpaired) electrons. The number of morpholine rings is 1. The maximum Gasteiger partial charge on any atom is 0.255 e. The lowest BCUT2D eigenvalue weighted by Gasteiger charge is -2.29. The summed E-state index contributed by atoms with van der Waals surface area (Å²) in [6, 6.07) is -14.0. The number of piperidine rings is 1. The van der Waals surface area contributed by atoms with E-state index in [1.165, 1.54) is 5.32 Å². The van der Waals surface area contributed by atoms with Gasteiger partial charge in [-0.1, -0.05) is 12.1 Å². The fraction of sp³-hybridized carbons (Fsp3) is 0.400. The van der Waals surface area contributed by atoms with Crippen molar-refractivity contribution in [3.8, 4) is 5.75 Å². The van der Waals surface area contributed by atoms with Gasteiger partial charge in [-0.2, -0.15) is 0 Å². The number of benzene rings is 2. The van der Waals surface area contributed by atoms with Crippen LogP contribution in [0.25, 0.3) is 0 Å². The lowest BCUT2D eigenvalue weighted by molar-refractivity contribution is -0.136. The molecule has 2 fully saturated rings. The van der Waals surface area contributed by atoms with Crippen LogP contribution in [0.3, 0.4) is 0 Å². The van der Waals surface area contributed by atoms with Crippen molar-refractivity contribution in [2.75, 3.05) is 26.1 Å². The van der Waals surface area contributed by atoms with Crippen molar-refractivity contribution in [3.05, 3.63) is 64.3 Å². The highest BCUT2D eigenvalue weighted by Gasteiger charge is 2.40. The molecule has 0 spiro atoms. The van der Waals surface area contributed by atoms with Crippen molar-refractivity contribution >= 4 is 17.7 Å². The molecule has 34 heavy (non-hydrogen) atoms. The predicted octanol–water partition coefficient (Wildman–Crippen LogP) is 2.00. The zero-order valence-electron chi connectivity index (χ0n) is 41.3. The van der Waals surface area contributed by atoms with Crippen LogP contribution in [-0.4, -0.2) is 59.7 Å². The molecule has 1 unspecified atom stereocenters. The summed E-state index contributed by atoms with van der Waals surface area (Å²) >= 11 is 0. The number of hydrogen-bond acceptors (Lipinski definition) is 6. The molecule has 3 aliphatic heterocycles. The van der Waals surface area contributed by atoms with Crippen LogP contribution in [0, 0.1) is 5.82 Å². The van der Waals surface area contributed by atoms with E-state index in [1.54, 1.807) is 0 Å². The average molecular weight is 493 g/mol. The molecule has 0 saturated carbocycles. The molecule has 5 rings (SSSR count). The summed E-state index contributed by atoms with van der Waals surface area (Å²) in [7, 11) is 0. The molecule has 2 saturated heterocycles. The summed E-state index contributed by atoms with van der Waals surface area (Å²) in [4.78, 5) is 37.8. The summed E-state index contributed by atoms with van der Waals surface area (Å²) in [5, 5.41) is 1.29. The molecule has 3 aliphatic rings. The number of fused-ring (bicyclic) bond motifs is 1. The second-order valence-corrected chi connectivity index (χ2v) is 6.21. The number of rotatable bonds is 6. The molecule has 0 aliphatic carbocycles. The summed E-state index contributed by atoms with van der Waals surface area (Å²) in [6.45, 7) is -28.6. The maximum atomic E-state index is 16.0. The van der Waals surface area contributed by atoms with E-state index in [1.807, 2.05) is 0 Å². The third-order valence-electron chi connectivity index (χ3n) is 4.10. The van der Waals surface area contributed by atoms with Crippen molar-refractivity contribution in [1.82, 2.24) is 15.1 Å². The number of nitrogens with one attached hydrogen (secondary N) is 1. The Morgan fingerprint density at radius 1 is 1.26 bits per heavy atom. The number of carbonyl (C=O) groups is 3. The van der Waals surface area contributed by atoms with E-state index >= 15 is 4.39 Å². The van der Waals surface area contributed by atoms with Crippen LogP contribution in [0.15, 0.2) is 36.3 Å². The molecule has 3 heterocycles. The third-order valence-corrected chi connectivity index (χ3v) is 4.10. The first-order valence-electron chi connectivity index (χ1n) is 21.5. The van der Waals surface area contributed by atoms with Crippen molar-refractivity contribution in [1.29, 1.82) is 0 Å². The number of amides is 3. The van der Waals surface area contributed by atoms with Crippen LogP contribution < -0.4 is 10.1 Å². The van der Waals surface area contributed by atoms with E-state index in [2.05, 4.69) is 4.74 Å². The lowest BCUT2D eigenvalue weighted by Crippen LogP contribution is -2.52. The normalized spacial score (nSPS) is 45.0. The Morgan fingerprint density at radius 2 is 2.09 bits per heavy atom. The van der Waals surface area contributed by atoms with Gasteiger partial charge in [0.25, 0.3) is 5.91 Å². The average Bonchev–Trinajstić information content (AvgIpc) is 3.26. The zero-order chi connectivity index (χ0) is 45.9. The summed E-state index contributed by atoms with van der Waals surface area (Å²) in [5.41, 5.74) is -6.81. The van der Waals surface area contributed by atoms with Crippen LogP contribution >= 0.6 is 0 Å². The molecular formula is C25H26FN3O5. The minimum Gasteiger partial charge on any atom is -0.488 e. The Hall–Kier alpha value is -3.30. The van der Waals surface area contributed by atoms with Gasteiger partial charge in [0.05, 0.1) is 40.2 Å².